The Bertz CT molecular complexity index is 526. The molecule has 2 N–H and O–H groups in total. The molecule has 0 spiro atoms. The number of nitrogens with two attached hydrogens (primary N) is 1. The second-order valence-electron chi connectivity index (χ2n) is 4.18. The maximum Gasteiger partial charge on any atom is 0.137 e. The van der Waals surface area contributed by atoms with E-state index in [0.29, 0.717) is 17.3 Å². The van der Waals surface area contributed by atoms with Crippen LogP contribution in [0.1, 0.15) is 17.7 Å². The van der Waals surface area contributed by atoms with Crippen LogP contribution in [0.4, 0.5) is 0 Å². The Morgan fingerprint density at radius 3 is 2.58 bits per heavy atom. The van der Waals surface area contributed by atoms with Crippen molar-refractivity contribution in [3.8, 4) is 5.75 Å². The molecule has 1 heterocycles. The second-order valence-corrected chi connectivity index (χ2v) is 4.62. The molecule has 0 unspecified atom stereocenters. The number of aryl methyl sites for hydroxylation is 1. The van der Waals surface area contributed by atoms with Gasteiger partial charge in [0.2, 0.25) is 0 Å². The lowest BCUT2D eigenvalue weighted by Gasteiger charge is -2.06. The molecule has 0 saturated carbocycles. The number of ether oxygens (including phenoxy) is 1. The smallest absolute Gasteiger partial charge is 0.137 e. The molecule has 0 amide bonds. The van der Waals surface area contributed by atoms with Gasteiger partial charge in [-0.2, -0.15) is 0 Å². The van der Waals surface area contributed by atoms with Crippen molar-refractivity contribution in [1.29, 1.82) is 0 Å². The van der Waals surface area contributed by atoms with Gasteiger partial charge in [-0.3, -0.25) is 0 Å². The average molecular weight is 272 g/mol. The second kappa shape index (κ2) is 6.85. The number of benzene rings is 1. The fraction of sp³-hybridized carbons (Fsp3) is 0.200. The van der Waals surface area contributed by atoms with Crippen LogP contribution in [0.2, 0.25) is 0 Å². The monoisotopic (exact) mass is 272 g/mol. The minimum atomic E-state index is 0.302. The summed E-state index contributed by atoms with van der Waals surface area (Å²) in [5, 5.41) is 0. The molecule has 0 atom stereocenters. The molecule has 98 valence electrons. The summed E-state index contributed by atoms with van der Waals surface area (Å²) in [7, 11) is 0. The first kappa shape index (κ1) is 13.5. The summed E-state index contributed by atoms with van der Waals surface area (Å²) in [6.45, 7) is 0.670. The Balaban J connectivity index is 1.75. The van der Waals surface area contributed by atoms with Crippen molar-refractivity contribution >= 4 is 17.2 Å². The molecule has 1 aromatic heterocycles. The first-order chi connectivity index (χ1) is 9.25. The quantitative estimate of drug-likeness (QED) is 0.649. The van der Waals surface area contributed by atoms with Gasteiger partial charge in [-0.25, -0.2) is 4.98 Å². The summed E-state index contributed by atoms with van der Waals surface area (Å²) in [4.78, 5) is 4.43. The van der Waals surface area contributed by atoms with E-state index >= 15 is 0 Å². The SMILES string of the molecule is NC(=S)c1ccc(OCCCc2ccccc2)cn1. The summed E-state index contributed by atoms with van der Waals surface area (Å²) < 4.78 is 5.62. The highest BCUT2D eigenvalue weighted by Gasteiger charge is 1.99. The van der Waals surface area contributed by atoms with Crippen LogP contribution in [-0.2, 0) is 6.42 Å². The maximum atomic E-state index is 5.62. The first-order valence-corrected chi connectivity index (χ1v) is 6.59. The molecule has 1 aromatic carbocycles. The number of rotatable bonds is 6. The largest absolute Gasteiger partial charge is 0.492 e. The molecular weight excluding hydrogens is 256 g/mol. The predicted octanol–water partition coefficient (Wildman–Crippen LogP) is 2.73. The lowest BCUT2D eigenvalue weighted by Crippen LogP contribution is -2.11. The lowest BCUT2D eigenvalue weighted by molar-refractivity contribution is 0.310. The zero-order chi connectivity index (χ0) is 13.5. The maximum absolute atomic E-state index is 5.62. The Morgan fingerprint density at radius 2 is 1.95 bits per heavy atom. The standard InChI is InChI=1S/C15H16N2OS/c16-15(19)14-9-8-13(11-17-14)18-10-4-7-12-5-2-1-3-6-12/h1-3,5-6,8-9,11H,4,7,10H2,(H2,16,19). The summed E-state index contributed by atoms with van der Waals surface area (Å²) in [5.74, 6) is 0.744. The molecule has 3 nitrogen and oxygen atoms in total. The normalized spacial score (nSPS) is 10.1. The highest BCUT2D eigenvalue weighted by molar-refractivity contribution is 7.80. The van der Waals surface area contributed by atoms with E-state index < -0.39 is 0 Å². The van der Waals surface area contributed by atoms with Crippen LogP contribution in [0.3, 0.4) is 0 Å². The molecule has 0 aliphatic rings. The van der Waals surface area contributed by atoms with Gasteiger partial charge in [-0.15, -0.1) is 0 Å². The van der Waals surface area contributed by atoms with Crippen LogP contribution in [0.25, 0.3) is 0 Å². The Labute approximate surface area is 118 Å². The minimum absolute atomic E-state index is 0.302. The van der Waals surface area contributed by atoms with E-state index in [2.05, 4.69) is 29.2 Å². The van der Waals surface area contributed by atoms with Gasteiger partial charge in [-0.1, -0.05) is 42.5 Å². The van der Waals surface area contributed by atoms with E-state index in [1.54, 1.807) is 12.3 Å². The van der Waals surface area contributed by atoms with Crippen LogP contribution >= 0.6 is 12.2 Å². The molecule has 0 bridgehead atoms. The molecule has 4 heteroatoms. The van der Waals surface area contributed by atoms with Crippen LogP contribution < -0.4 is 10.5 Å². The van der Waals surface area contributed by atoms with Crippen molar-refractivity contribution in [2.45, 2.75) is 12.8 Å². The minimum Gasteiger partial charge on any atom is -0.492 e. The number of nitrogens with zero attached hydrogens (tertiary/aromatic N) is 1. The third-order valence-electron chi connectivity index (χ3n) is 2.71. The molecule has 19 heavy (non-hydrogen) atoms. The van der Waals surface area contributed by atoms with Crippen molar-refractivity contribution in [2.24, 2.45) is 5.73 Å². The van der Waals surface area contributed by atoms with E-state index in [0.717, 1.165) is 18.6 Å². The van der Waals surface area contributed by atoms with Crippen LogP contribution in [0.5, 0.6) is 5.75 Å². The van der Waals surface area contributed by atoms with Crippen molar-refractivity contribution in [3.05, 3.63) is 59.9 Å². The van der Waals surface area contributed by atoms with Crippen molar-refractivity contribution in [3.63, 3.8) is 0 Å². The Kier molecular flexibility index (Phi) is 4.86. The summed E-state index contributed by atoms with van der Waals surface area (Å²) in [6.07, 6.45) is 3.64. The number of hydrogen-bond donors (Lipinski definition) is 1. The van der Waals surface area contributed by atoms with E-state index in [1.807, 2.05) is 12.1 Å². The van der Waals surface area contributed by atoms with E-state index in [-0.39, 0.29) is 0 Å². The van der Waals surface area contributed by atoms with Crippen LogP contribution in [0, 0.1) is 0 Å². The Morgan fingerprint density at radius 1 is 1.16 bits per heavy atom. The number of thiocarbonyl (C=S) groups is 1. The lowest BCUT2D eigenvalue weighted by atomic mass is 10.1. The highest BCUT2D eigenvalue weighted by Crippen LogP contribution is 2.10. The third kappa shape index (κ3) is 4.34. The topological polar surface area (TPSA) is 48.1 Å². The van der Waals surface area contributed by atoms with Gasteiger partial charge in [0, 0.05) is 0 Å². The fourth-order valence-corrected chi connectivity index (χ4v) is 1.84. The first-order valence-electron chi connectivity index (χ1n) is 6.18. The Hall–Kier alpha value is -1.94. The van der Waals surface area contributed by atoms with Gasteiger partial charge in [-0.05, 0) is 30.5 Å². The van der Waals surface area contributed by atoms with Gasteiger partial charge >= 0.3 is 0 Å². The van der Waals surface area contributed by atoms with Crippen molar-refractivity contribution in [2.75, 3.05) is 6.61 Å². The zero-order valence-electron chi connectivity index (χ0n) is 10.6. The number of aromatic nitrogens is 1. The molecular formula is C15H16N2OS. The van der Waals surface area contributed by atoms with Crippen molar-refractivity contribution in [1.82, 2.24) is 4.98 Å². The van der Waals surface area contributed by atoms with Crippen molar-refractivity contribution < 1.29 is 4.74 Å². The molecule has 0 fully saturated rings. The van der Waals surface area contributed by atoms with Gasteiger partial charge in [0.15, 0.2) is 0 Å². The molecule has 0 saturated heterocycles. The highest BCUT2D eigenvalue weighted by atomic mass is 32.1. The molecule has 2 aromatic rings. The van der Waals surface area contributed by atoms with Gasteiger partial charge < -0.3 is 10.5 Å². The van der Waals surface area contributed by atoms with Gasteiger partial charge in [0.1, 0.15) is 10.7 Å². The molecule has 0 radical (unpaired) electrons. The van der Waals surface area contributed by atoms with Crippen LogP contribution in [0.15, 0.2) is 48.7 Å². The number of pyridine rings is 1. The average Bonchev–Trinajstić information content (AvgIpc) is 2.45. The van der Waals surface area contributed by atoms with Gasteiger partial charge in [0.05, 0.1) is 18.5 Å². The van der Waals surface area contributed by atoms with E-state index in [1.165, 1.54) is 5.56 Å². The third-order valence-corrected chi connectivity index (χ3v) is 2.92. The number of hydrogen-bond acceptors (Lipinski definition) is 3. The van der Waals surface area contributed by atoms with Gasteiger partial charge in [0.25, 0.3) is 0 Å². The summed E-state index contributed by atoms with van der Waals surface area (Å²) in [5.41, 5.74) is 7.42. The van der Waals surface area contributed by atoms with E-state index in [4.69, 9.17) is 22.7 Å². The zero-order valence-corrected chi connectivity index (χ0v) is 11.4. The fourth-order valence-electron chi connectivity index (χ4n) is 1.72. The summed E-state index contributed by atoms with van der Waals surface area (Å²) >= 11 is 4.84. The van der Waals surface area contributed by atoms with Crippen LogP contribution in [-0.4, -0.2) is 16.6 Å². The van der Waals surface area contributed by atoms with E-state index in [9.17, 15) is 0 Å². The molecule has 0 aliphatic heterocycles. The molecule has 2 rings (SSSR count). The molecule has 0 aliphatic carbocycles. The predicted molar refractivity (Wildman–Crippen MR) is 80.4 cm³/mol. The summed E-state index contributed by atoms with van der Waals surface area (Å²) in [6, 6.07) is 14.0.